The molecule has 6 heteroatoms. The maximum atomic E-state index is 12.1. The third-order valence-electron chi connectivity index (χ3n) is 3.98. The first-order chi connectivity index (χ1) is 10.7. The van der Waals surface area contributed by atoms with Gasteiger partial charge in [-0.25, -0.2) is 9.78 Å². The number of nitrogens with one attached hydrogen (secondary N) is 2. The van der Waals surface area contributed by atoms with Crippen LogP contribution in [0.4, 0.5) is 9.93 Å². The lowest BCUT2D eigenvalue weighted by Crippen LogP contribution is -2.46. The molecule has 0 unspecified atom stereocenters. The van der Waals surface area contributed by atoms with Crippen LogP contribution in [0.2, 0.25) is 0 Å². The number of aromatic nitrogens is 1. The van der Waals surface area contributed by atoms with Crippen LogP contribution in [0.5, 0.6) is 0 Å². The van der Waals surface area contributed by atoms with Crippen LogP contribution in [-0.2, 0) is 0 Å². The van der Waals surface area contributed by atoms with Gasteiger partial charge in [0, 0.05) is 19.1 Å². The first-order valence-electron chi connectivity index (χ1n) is 7.90. The molecule has 0 atom stereocenters. The average molecular weight is 318 g/mol. The summed E-state index contributed by atoms with van der Waals surface area (Å²) in [5, 5.41) is 6.58. The first kappa shape index (κ1) is 15.2. The van der Waals surface area contributed by atoms with Crippen molar-refractivity contribution < 1.29 is 4.79 Å². The predicted octanol–water partition coefficient (Wildman–Crippen LogP) is 3.29. The molecule has 3 rings (SSSR count). The summed E-state index contributed by atoms with van der Waals surface area (Å²) >= 11 is 1.50. The zero-order valence-corrected chi connectivity index (χ0v) is 13.7. The van der Waals surface area contributed by atoms with Gasteiger partial charge in [-0.1, -0.05) is 30.4 Å². The summed E-state index contributed by atoms with van der Waals surface area (Å²) in [6.45, 7) is 5.50. The molecule has 1 aromatic heterocycles. The van der Waals surface area contributed by atoms with Crippen LogP contribution in [0, 0.1) is 0 Å². The number of likely N-dealkylation sites (tertiary alicyclic amines) is 1. The van der Waals surface area contributed by atoms with Crippen molar-refractivity contribution >= 4 is 32.7 Å². The normalized spacial score (nSPS) is 16.8. The molecule has 1 saturated heterocycles. The molecule has 0 bridgehead atoms. The number of nitrogens with zero attached hydrogens (tertiary/aromatic N) is 2. The van der Waals surface area contributed by atoms with Crippen LogP contribution in [0.25, 0.3) is 10.2 Å². The molecule has 1 aliphatic heterocycles. The van der Waals surface area contributed by atoms with Crippen LogP contribution < -0.4 is 10.6 Å². The van der Waals surface area contributed by atoms with E-state index >= 15 is 0 Å². The van der Waals surface area contributed by atoms with E-state index in [1.165, 1.54) is 17.8 Å². The second-order valence-corrected chi connectivity index (χ2v) is 6.73. The Labute approximate surface area is 134 Å². The highest BCUT2D eigenvalue weighted by Gasteiger charge is 2.20. The van der Waals surface area contributed by atoms with Crippen LogP contribution in [0.15, 0.2) is 24.3 Å². The van der Waals surface area contributed by atoms with E-state index in [1.54, 1.807) is 0 Å². The summed E-state index contributed by atoms with van der Waals surface area (Å²) < 4.78 is 1.09. The van der Waals surface area contributed by atoms with E-state index < -0.39 is 0 Å². The highest BCUT2D eigenvalue weighted by atomic mass is 32.1. The number of carbonyl (C=O) groups excluding carboxylic acids is 1. The molecule has 118 valence electrons. The molecule has 0 aliphatic carbocycles. The van der Waals surface area contributed by atoms with Gasteiger partial charge in [0.25, 0.3) is 0 Å². The number of piperidine rings is 1. The van der Waals surface area contributed by atoms with Crippen molar-refractivity contribution in [2.45, 2.75) is 32.2 Å². The highest BCUT2D eigenvalue weighted by molar-refractivity contribution is 7.22. The van der Waals surface area contributed by atoms with Gasteiger partial charge in [-0.3, -0.25) is 5.32 Å². The fourth-order valence-corrected chi connectivity index (χ4v) is 3.72. The quantitative estimate of drug-likeness (QED) is 0.909. The van der Waals surface area contributed by atoms with Crippen LogP contribution in [0.1, 0.15) is 26.2 Å². The number of thiazole rings is 1. The van der Waals surface area contributed by atoms with Gasteiger partial charge in [0.2, 0.25) is 0 Å². The third kappa shape index (κ3) is 3.75. The van der Waals surface area contributed by atoms with Crippen molar-refractivity contribution in [3.63, 3.8) is 0 Å². The van der Waals surface area contributed by atoms with E-state index in [9.17, 15) is 4.79 Å². The Kier molecular flexibility index (Phi) is 4.90. The molecule has 0 radical (unpaired) electrons. The summed E-state index contributed by atoms with van der Waals surface area (Å²) in [4.78, 5) is 19.0. The number of para-hydroxylation sites is 1. The van der Waals surface area contributed by atoms with Gasteiger partial charge in [-0.05, 0) is 37.9 Å². The molecule has 0 spiro atoms. The van der Waals surface area contributed by atoms with Crippen molar-refractivity contribution in [3.8, 4) is 0 Å². The smallest absolute Gasteiger partial charge is 0.321 e. The average Bonchev–Trinajstić information content (AvgIpc) is 2.91. The summed E-state index contributed by atoms with van der Waals surface area (Å²) in [6.07, 6.45) is 3.23. The van der Waals surface area contributed by atoms with Gasteiger partial charge >= 0.3 is 6.03 Å². The SMILES string of the molecule is CCCN1CCC(NC(=O)Nc2nc3ccccc3s2)CC1. The molecule has 1 aromatic carbocycles. The molecule has 0 saturated carbocycles. The van der Waals surface area contributed by atoms with Crippen LogP contribution >= 0.6 is 11.3 Å². The van der Waals surface area contributed by atoms with E-state index in [0.717, 1.165) is 42.7 Å². The molecular formula is C16H22N4OS. The molecule has 2 N–H and O–H groups in total. The molecule has 1 fully saturated rings. The van der Waals surface area contributed by atoms with E-state index in [2.05, 4.69) is 27.4 Å². The van der Waals surface area contributed by atoms with E-state index in [4.69, 9.17) is 0 Å². The number of carbonyl (C=O) groups is 1. The molecular weight excluding hydrogens is 296 g/mol. The maximum Gasteiger partial charge on any atom is 0.321 e. The number of anilines is 1. The van der Waals surface area contributed by atoms with Crippen molar-refractivity contribution in [2.24, 2.45) is 0 Å². The van der Waals surface area contributed by atoms with Crippen LogP contribution in [0.3, 0.4) is 0 Å². The molecule has 22 heavy (non-hydrogen) atoms. The first-order valence-corrected chi connectivity index (χ1v) is 8.71. The monoisotopic (exact) mass is 318 g/mol. The number of fused-ring (bicyclic) bond motifs is 1. The molecule has 2 amide bonds. The van der Waals surface area contributed by atoms with Crippen molar-refractivity contribution in [3.05, 3.63) is 24.3 Å². The Morgan fingerprint density at radius 1 is 1.36 bits per heavy atom. The Morgan fingerprint density at radius 2 is 2.14 bits per heavy atom. The number of urea groups is 1. The fraction of sp³-hybridized carbons (Fsp3) is 0.500. The zero-order chi connectivity index (χ0) is 15.4. The second-order valence-electron chi connectivity index (χ2n) is 5.70. The largest absolute Gasteiger partial charge is 0.335 e. The zero-order valence-electron chi connectivity index (χ0n) is 12.8. The van der Waals surface area contributed by atoms with Gasteiger partial charge in [0.15, 0.2) is 5.13 Å². The van der Waals surface area contributed by atoms with Crippen molar-refractivity contribution in [1.82, 2.24) is 15.2 Å². The fourth-order valence-electron chi connectivity index (χ4n) is 2.86. The number of benzene rings is 1. The molecule has 2 heterocycles. The summed E-state index contributed by atoms with van der Waals surface area (Å²) in [5.41, 5.74) is 0.927. The van der Waals surface area contributed by atoms with Gasteiger partial charge < -0.3 is 10.2 Å². The lowest BCUT2D eigenvalue weighted by Gasteiger charge is -2.31. The van der Waals surface area contributed by atoms with Gasteiger partial charge in [-0.2, -0.15) is 0 Å². The lowest BCUT2D eigenvalue weighted by molar-refractivity contribution is 0.196. The number of rotatable bonds is 4. The van der Waals surface area contributed by atoms with Crippen LogP contribution in [-0.4, -0.2) is 41.6 Å². The van der Waals surface area contributed by atoms with E-state index in [-0.39, 0.29) is 12.1 Å². The molecule has 5 nitrogen and oxygen atoms in total. The minimum Gasteiger partial charge on any atom is -0.335 e. The summed E-state index contributed by atoms with van der Waals surface area (Å²) in [7, 11) is 0. The van der Waals surface area contributed by atoms with Gasteiger partial charge in [-0.15, -0.1) is 0 Å². The Morgan fingerprint density at radius 3 is 2.86 bits per heavy atom. The van der Waals surface area contributed by atoms with Crippen molar-refractivity contribution in [2.75, 3.05) is 25.0 Å². The minimum absolute atomic E-state index is 0.145. The lowest BCUT2D eigenvalue weighted by atomic mass is 10.1. The number of amides is 2. The topological polar surface area (TPSA) is 57.3 Å². The third-order valence-corrected chi connectivity index (χ3v) is 4.93. The van der Waals surface area contributed by atoms with Crippen molar-refractivity contribution in [1.29, 1.82) is 0 Å². The Balaban J connectivity index is 1.50. The standard InChI is InChI=1S/C16H22N4OS/c1-2-9-20-10-7-12(8-11-20)17-15(21)19-16-18-13-5-3-4-6-14(13)22-16/h3-6,12H,2,7-11H2,1H3,(H2,17,18,19,21). The Hall–Kier alpha value is -1.66. The second kappa shape index (κ2) is 7.07. The summed E-state index contributed by atoms with van der Waals surface area (Å²) in [5.74, 6) is 0. The number of hydrogen-bond acceptors (Lipinski definition) is 4. The minimum atomic E-state index is -0.145. The van der Waals surface area contributed by atoms with Gasteiger partial charge in [0.05, 0.1) is 10.2 Å². The number of hydrogen-bond donors (Lipinski definition) is 2. The predicted molar refractivity (Wildman–Crippen MR) is 91.5 cm³/mol. The van der Waals surface area contributed by atoms with E-state index in [1.807, 2.05) is 24.3 Å². The van der Waals surface area contributed by atoms with E-state index in [0.29, 0.717) is 5.13 Å². The molecule has 1 aliphatic rings. The Bertz CT molecular complexity index is 601. The molecule has 2 aromatic rings. The highest BCUT2D eigenvalue weighted by Crippen LogP contribution is 2.25. The van der Waals surface area contributed by atoms with Gasteiger partial charge in [0.1, 0.15) is 0 Å². The summed E-state index contributed by atoms with van der Waals surface area (Å²) in [6, 6.07) is 8.03. The maximum absolute atomic E-state index is 12.1.